The van der Waals surface area contributed by atoms with E-state index < -0.39 is 0 Å². The fourth-order valence-electron chi connectivity index (χ4n) is 4.12. The van der Waals surface area contributed by atoms with Gasteiger partial charge < -0.3 is 4.90 Å². The quantitative estimate of drug-likeness (QED) is 0.756. The van der Waals surface area contributed by atoms with Crippen LogP contribution in [0.3, 0.4) is 0 Å². The predicted octanol–water partition coefficient (Wildman–Crippen LogP) is 4.30. The highest BCUT2D eigenvalue weighted by atomic mass is 19.1. The van der Waals surface area contributed by atoms with Crippen molar-refractivity contribution in [1.29, 1.82) is 0 Å². The molecular formula is C19H26FNO. The zero-order valence-electron chi connectivity index (χ0n) is 13.3. The van der Waals surface area contributed by atoms with Gasteiger partial charge in [-0.15, -0.1) is 0 Å². The lowest BCUT2D eigenvalue weighted by Crippen LogP contribution is -2.42. The first-order chi connectivity index (χ1) is 10.7. The summed E-state index contributed by atoms with van der Waals surface area (Å²) in [5, 5.41) is 0. The Hall–Kier alpha value is -1.22. The first-order valence-electron chi connectivity index (χ1n) is 8.73. The molecule has 0 aromatic heterocycles. The van der Waals surface area contributed by atoms with Gasteiger partial charge in [-0.1, -0.05) is 19.3 Å². The first-order valence-corrected chi connectivity index (χ1v) is 8.73. The van der Waals surface area contributed by atoms with Crippen LogP contribution < -0.4 is 0 Å². The Balaban J connectivity index is 1.41. The van der Waals surface area contributed by atoms with Crippen molar-refractivity contribution in [2.24, 2.45) is 11.8 Å². The molecule has 1 aliphatic heterocycles. The van der Waals surface area contributed by atoms with Gasteiger partial charge in [0, 0.05) is 18.5 Å². The van der Waals surface area contributed by atoms with Gasteiger partial charge in [-0.2, -0.15) is 0 Å². The Morgan fingerprint density at radius 3 is 2.59 bits per heavy atom. The maximum atomic E-state index is 12.9. The van der Waals surface area contributed by atoms with E-state index in [1.807, 2.05) is 0 Å². The van der Waals surface area contributed by atoms with Crippen LogP contribution in [-0.4, -0.2) is 30.3 Å². The summed E-state index contributed by atoms with van der Waals surface area (Å²) in [7, 11) is 0. The fraction of sp³-hybridized carbons (Fsp3) is 0.632. The van der Waals surface area contributed by atoms with Crippen molar-refractivity contribution in [3.8, 4) is 0 Å². The van der Waals surface area contributed by atoms with Crippen molar-refractivity contribution in [2.45, 2.75) is 44.9 Å². The second-order valence-electron chi connectivity index (χ2n) is 6.93. The number of carbonyl (C=O) groups is 1. The molecule has 3 heteroatoms. The van der Waals surface area contributed by atoms with E-state index in [9.17, 15) is 9.18 Å². The molecule has 0 spiro atoms. The Kier molecular flexibility index (Phi) is 5.24. The van der Waals surface area contributed by atoms with Crippen molar-refractivity contribution in [3.63, 3.8) is 0 Å². The maximum Gasteiger partial charge on any atom is 0.162 e. The number of carbonyl (C=O) groups excluding carboxylic acids is 1. The predicted molar refractivity (Wildman–Crippen MR) is 86.5 cm³/mol. The SMILES string of the molecule is O=C(CCCN1CCC2CCCCC2C1)c1ccc(F)cc1. The number of hydrogen-bond acceptors (Lipinski definition) is 2. The van der Waals surface area contributed by atoms with Gasteiger partial charge in [-0.25, -0.2) is 4.39 Å². The van der Waals surface area contributed by atoms with Crippen LogP contribution >= 0.6 is 0 Å². The van der Waals surface area contributed by atoms with Crippen LogP contribution in [0.1, 0.15) is 55.3 Å². The van der Waals surface area contributed by atoms with Gasteiger partial charge in [-0.3, -0.25) is 4.79 Å². The van der Waals surface area contributed by atoms with E-state index in [-0.39, 0.29) is 11.6 Å². The average Bonchev–Trinajstić information content (AvgIpc) is 2.55. The molecule has 3 rings (SSSR count). The minimum atomic E-state index is -0.285. The lowest BCUT2D eigenvalue weighted by atomic mass is 9.75. The number of halogens is 1. The Labute approximate surface area is 132 Å². The molecule has 1 aliphatic carbocycles. The summed E-state index contributed by atoms with van der Waals surface area (Å²) in [6.45, 7) is 3.46. The number of ketones is 1. The van der Waals surface area contributed by atoms with Crippen LogP contribution in [0, 0.1) is 17.7 Å². The number of benzene rings is 1. The van der Waals surface area contributed by atoms with Gasteiger partial charge in [0.05, 0.1) is 0 Å². The monoisotopic (exact) mass is 303 g/mol. The largest absolute Gasteiger partial charge is 0.303 e. The van der Waals surface area contributed by atoms with E-state index in [0.29, 0.717) is 12.0 Å². The summed E-state index contributed by atoms with van der Waals surface area (Å²) in [6.07, 6.45) is 8.48. The minimum absolute atomic E-state index is 0.132. The van der Waals surface area contributed by atoms with Crippen LogP contribution in [0.2, 0.25) is 0 Å². The first kappa shape index (κ1) is 15.7. The lowest BCUT2D eigenvalue weighted by molar-refractivity contribution is 0.0829. The molecule has 0 bridgehead atoms. The molecule has 22 heavy (non-hydrogen) atoms. The van der Waals surface area contributed by atoms with Crippen LogP contribution in [0.5, 0.6) is 0 Å². The molecule has 0 N–H and O–H groups in total. The normalized spacial score (nSPS) is 25.7. The molecule has 1 heterocycles. The second kappa shape index (κ2) is 7.36. The lowest BCUT2D eigenvalue weighted by Gasteiger charge is -2.41. The molecule has 2 aliphatic rings. The summed E-state index contributed by atoms with van der Waals surface area (Å²) in [5.41, 5.74) is 0.632. The molecule has 2 atom stereocenters. The third-order valence-corrected chi connectivity index (χ3v) is 5.42. The summed E-state index contributed by atoms with van der Waals surface area (Å²) < 4.78 is 12.9. The van der Waals surface area contributed by atoms with E-state index in [4.69, 9.17) is 0 Å². The Bertz CT molecular complexity index is 499. The van der Waals surface area contributed by atoms with Crippen LogP contribution in [0.25, 0.3) is 0 Å². The standard InChI is InChI=1S/C19H26FNO/c20-18-9-7-16(8-10-18)19(22)6-3-12-21-13-11-15-4-1-2-5-17(15)14-21/h7-10,15,17H,1-6,11-14H2. The number of fused-ring (bicyclic) bond motifs is 1. The summed E-state index contributed by atoms with van der Waals surface area (Å²) in [4.78, 5) is 14.6. The zero-order valence-corrected chi connectivity index (χ0v) is 13.3. The highest BCUT2D eigenvalue weighted by Crippen LogP contribution is 2.36. The van der Waals surface area contributed by atoms with Crippen LogP contribution in [0.15, 0.2) is 24.3 Å². The van der Waals surface area contributed by atoms with Crippen molar-refractivity contribution in [3.05, 3.63) is 35.6 Å². The van der Waals surface area contributed by atoms with Crippen molar-refractivity contribution in [2.75, 3.05) is 19.6 Å². The molecule has 1 aromatic rings. The van der Waals surface area contributed by atoms with Crippen molar-refractivity contribution >= 4 is 5.78 Å². The molecule has 2 unspecified atom stereocenters. The fourth-order valence-corrected chi connectivity index (χ4v) is 4.12. The number of likely N-dealkylation sites (tertiary alicyclic amines) is 1. The third-order valence-electron chi connectivity index (χ3n) is 5.42. The van der Waals surface area contributed by atoms with Crippen LogP contribution in [0.4, 0.5) is 4.39 Å². The molecule has 2 fully saturated rings. The molecular weight excluding hydrogens is 277 g/mol. The van der Waals surface area contributed by atoms with E-state index >= 15 is 0 Å². The zero-order chi connectivity index (χ0) is 15.4. The number of rotatable bonds is 5. The summed E-state index contributed by atoms with van der Waals surface area (Å²) >= 11 is 0. The molecule has 1 aromatic carbocycles. The molecule has 120 valence electrons. The topological polar surface area (TPSA) is 20.3 Å². The highest BCUT2D eigenvalue weighted by molar-refractivity contribution is 5.95. The number of nitrogens with zero attached hydrogens (tertiary/aromatic N) is 1. The van der Waals surface area contributed by atoms with Gasteiger partial charge >= 0.3 is 0 Å². The molecule has 1 saturated heterocycles. The molecule has 2 nitrogen and oxygen atoms in total. The Morgan fingerprint density at radius 2 is 1.82 bits per heavy atom. The number of Topliss-reactive ketones (excluding diaryl/α,β-unsaturated/α-hetero) is 1. The maximum absolute atomic E-state index is 12.9. The highest BCUT2D eigenvalue weighted by Gasteiger charge is 2.30. The van der Waals surface area contributed by atoms with Gasteiger partial charge in [-0.05, 0) is 68.5 Å². The smallest absolute Gasteiger partial charge is 0.162 e. The van der Waals surface area contributed by atoms with E-state index in [1.165, 1.54) is 57.3 Å². The van der Waals surface area contributed by atoms with E-state index in [1.54, 1.807) is 12.1 Å². The van der Waals surface area contributed by atoms with Gasteiger partial charge in [0.2, 0.25) is 0 Å². The number of hydrogen-bond donors (Lipinski definition) is 0. The summed E-state index contributed by atoms with van der Waals surface area (Å²) in [6, 6.07) is 5.90. The summed E-state index contributed by atoms with van der Waals surface area (Å²) in [5.74, 6) is 1.71. The second-order valence-corrected chi connectivity index (χ2v) is 6.93. The van der Waals surface area contributed by atoms with E-state index in [2.05, 4.69) is 4.90 Å². The van der Waals surface area contributed by atoms with Gasteiger partial charge in [0.15, 0.2) is 5.78 Å². The third kappa shape index (κ3) is 3.95. The van der Waals surface area contributed by atoms with Crippen molar-refractivity contribution in [1.82, 2.24) is 4.90 Å². The van der Waals surface area contributed by atoms with Crippen molar-refractivity contribution < 1.29 is 9.18 Å². The van der Waals surface area contributed by atoms with Crippen LogP contribution in [-0.2, 0) is 0 Å². The average molecular weight is 303 g/mol. The Morgan fingerprint density at radius 1 is 1.09 bits per heavy atom. The molecule has 1 saturated carbocycles. The van der Waals surface area contributed by atoms with E-state index in [0.717, 1.165) is 24.8 Å². The molecule has 0 radical (unpaired) electrons. The number of piperidine rings is 1. The minimum Gasteiger partial charge on any atom is -0.303 e. The van der Waals surface area contributed by atoms with Gasteiger partial charge in [0.25, 0.3) is 0 Å². The van der Waals surface area contributed by atoms with Gasteiger partial charge in [0.1, 0.15) is 5.82 Å². The molecule has 0 amide bonds.